The number of hydrogen-bond acceptors (Lipinski definition) is 4. The van der Waals surface area contributed by atoms with Gasteiger partial charge in [-0.3, -0.25) is 9.88 Å². The lowest BCUT2D eigenvalue weighted by Crippen LogP contribution is -2.47. The second kappa shape index (κ2) is 8.38. The molecule has 0 unspecified atom stereocenters. The fraction of sp³-hybridized carbons (Fsp3) is 0.450. The molecule has 2 aromatic rings. The molecule has 1 aliphatic rings. The molecule has 0 atom stereocenters. The molecule has 1 saturated heterocycles. The first-order valence-electron chi connectivity index (χ1n) is 8.70. The first-order valence-corrected chi connectivity index (χ1v) is 8.70. The summed E-state index contributed by atoms with van der Waals surface area (Å²) in [5.74, 6) is 0. The third-order valence-electron chi connectivity index (χ3n) is 4.60. The molecule has 128 valence electrons. The summed E-state index contributed by atoms with van der Waals surface area (Å²) in [6, 6.07) is 16.5. The van der Waals surface area contributed by atoms with E-state index in [9.17, 15) is 5.11 Å². The van der Waals surface area contributed by atoms with Crippen molar-refractivity contribution in [3.63, 3.8) is 0 Å². The van der Waals surface area contributed by atoms with Crippen LogP contribution in [-0.4, -0.2) is 46.9 Å². The van der Waals surface area contributed by atoms with Crippen molar-refractivity contribution in [1.82, 2.24) is 9.88 Å². The Morgan fingerprint density at radius 1 is 1.04 bits per heavy atom. The molecule has 24 heavy (non-hydrogen) atoms. The highest BCUT2D eigenvalue weighted by atomic mass is 16.5. The maximum Gasteiger partial charge on any atom is 0.0818 e. The summed E-state index contributed by atoms with van der Waals surface area (Å²) in [6.45, 7) is 3.70. The molecule has 1 aliphatic heterocycles. The quantitative estimate of drug-likeness (QED) is 0.850. The lowest BCUT2D eigenvalue weighted by atomic mass is 9.93. The molecule has 0 saturated carbocycles. The predicted octanol–water partition coefficient (Wildman–Crippen LogP) is 2.67. The van der Waals surface area contributed by atoms with E-state index in [-0.39, 0.29) is 0 Å². The number of nitrogens with zero attached hydrogens (tertiary/aromatic N) is 2. The van der Waals surface area contributed by atoms with Crippen molar-refractivity contribution in [3.05, 3.63) is 66.0 Å². The lowest BCUT2D eigenvalue weighted by Gasteiger charge is -2.37. The largest absolute Gasteiger partial charge is 0.388 e. The van der Waals surface area contributed by atoms with Gasteiger partial charge in [-0.05, 0) is 17.7 Å². The average Bonchev–Trinajstić information content (AvgIpc) is 2.62. The van der Waals surface area contributed by atoms with E-state index < -0.39 is 5.60 Å². The molecule has 0 radical (unpaired) electrons. The van der Waals surface area contributed by atoms with Crippen LogP contribution >= 0.6 is 0 Å². The monoisotopic (exact) mass is 326 g/mol. The van der Waals surface area contributed by atoms with E-state index in [0.29, 0.717) is 32.6 Å². The van der Waals surface area contributed by atoms with E-state index in [1.807, 2.05) is 24.4 Å². The number of aromatic nitrogens is 1. The van der Waals surface area contributed by atoms with Gasteiger partial charge in [-0.15, -0.1) is 0 Å². The van der Waals surface area contributed by atoms with E-state index in [2.05, 4.69) is 40.2 Å². The molecule has 2 heterocycles. The van der Waals surface area contributed by atoms with Crippen LogP contribution in [0, 0.1) is 0 Å². The van der Waals surface area contributed by atoms with Crippen molar-refractivity contribution in [2.45, 2.75) is 31.4 Å². The zero-order valence-corrected chi connectivity index (χ0v) is 14.1. The van der Waals surface area contributed by atoms with E-state index in [1.54, 1.807) is 0 Å². The molecule has 1 aromatic carbocycles. The topological polar surface area (TPSA) is 45.6 Å². The number of ether oxygens (including phenoxy) is 1. The molecule has 3 rings (SSSR count). The third-order valence-corrected chi connectivity index (χ3v) is 4.60. The standard InChI is InChI=1S/C20H26N2O2/c23-20(10-14-24-15-11-20)17-22(16-18-6-2-1-3-7-18)13-9-19-8-4-5-12-21-19/h1-8,12,23H,9-11,13-17H2. The molecule has 4 heteroatoms. The van der Waals surface area contributed by atoms with Gasteiger partial charge in [0.1, 0.15) is 0 Å². The summed E-state index contributed by atoms with van der Waals surface area (Å²) in [7, 11) is 0. The van der Waals surface area contributed by atoms with Gasteiger partial charge in [-0.25, -0.2) is 0 Å². The predicted molar refractivity (Wildman–Crippen MR) is 94.7 cm³/mol. The van der Waals surface area contributed by atoms with Gasteiger partial charge >= 0.3 is 0 Å². The fourth-order valence-electron chi connectivity index (χ4n) is 3.20. The highest BCUT2D eigenvalue weighted by Crippen LogP contribution is 2.22. The summed E-state index contributed by atoms with van der Waals surface area (Å²) in [4.78, 5) is 6.76. The number of pyridine rings is 1. The van der Waals surface area contributed by atoms with Crippen molar-refractivity contribution in [3.8, 4) is 0 Å². The van der Waals surface area contributed by atoms with Crippen LogP contribution in [0.4, 0.5) is 0 Å². The summed E-state index contributed by atoms with van der Waals surface area (Å²) in [6.07, 6.45) is 4.15. The normalized spacial score (nSPS) is 17.1. The van der Waals surface area contributed by atoms with Crippen molar-refractivity contribution < 1.29 is 9.84 Å². The molecule has 0 amide bonds. The Balaban J connectivity index is 1.65. The van der Waals surface area contributed by atoms with Crippen molar-refractivity contribution >= 4 is 0 Å². The van der Waals surface area contributed by atoms with Crippen molar-refractivity contribution in [1.29, 1.82) is 0 Å². The van der Waals surface area contributed by atoms with Crippen LogP contribution in [-0.2, 0) is 17.7 Å². The zero-order chi connectivity index (χ0) is 16.7. The van der Waals surface area contributed by atoms with E-state index in [1.165, 1.54) is 5.56 Å². The number of rotatable bonds is 7. The summed E-state index contributed by atoms with van der Waals surface area (Å²) < 4.78 is 5.41. The van der Waals surface area contributed by atoms with Gasteiger partial charge in [-0.2, -0.15) is 0 Å². The summed E-state index contributed by atoms with van der Waals surface area (Å²) in [5.41, 5.74) is 1.72. The Bertz CT molecular complexity index is 598. The summed E-state index contributed by atoms with van der Waals surface area (Å²) >= 11 is 0. The second-order valence-electron chi connectivity index (χ2n) is 6.60. The maximum absolute atomic E-state index is 10.9. The zero-order valence-electron chi connectivity index (χ0n) is 14.1. The van der Waals surface area contributed by atoms with Crippen LogP contribution in [0.15, 0.2) is 54.7 Å². The maximum atomic E-state index is 10.9. The molecule has 4 nitrogen and oxygen atoms in total. The van der Waals surface area contributed by atoms with Crippen LogP contribution in [0.25, 0.3) is 0 Å². The Morgan fingerprint density at radius 2 is 1.79 bits per heavy atom. The van der Waals surface area contributed by atoms with Gasteiger partial charge in [0.15, 0.2) is 0 Å². The average molecular weight is 326 g/mol. The Hall–Kier alpha value is -1.75. The van der Waals surface area contributed by atoms with Crippen LogP contribution in [0.1, 0.15) is 24.1 Å². The Morgan fingerprint density at radius 3 is 2.50 bits per heavy atom. The van der Waals surface area contributed by atoms with Crippen LogP contribution in [0.3, 0.4) is 0 Å². The van der Waals surface area contributed by atoms with E-state index in [0.717, 1.165) is 25.2 Å². The number of benzene rings is 1. The van der Waals surface area contributed by atoms with Gasteiger partial charge in [0.25, 0.3) is 0 Å². The van der Waals surface area contributed by atoms with Gasteiger partial charge in [0, 0.05) is 64.0 Å². The SMILES string of the molecule is OC1(CN(CCc2ccccn2)Cc2ccccc2)CCOCC1. The minimum absolute atomic E-state index is 0.642. The minimum Gasteiger partial charge on any atom is -0.388 e. The van der Waals surface area contributed by atoms with Crippen molar-refractivity contribution in [2.75, 3.05) is 26.3 Å². The molecule has 0 spiro atoms. The van der Waals surface area contributed by atoms with Crippen LogP contribution < -0.4 is 0 Å². The molecular formula is C20H26N2O2. The lowest BCUT2D eigenvalue weighted by molar-refractivity contribution is -0.0808. The first-order chi connectivity index (χ1) is 11.7. The first kappa shape index (κ1) is 17.1. The molecule has 1 aromatic heterocycles. The molecule has 1 N–H and O–H groups in total. The third kappa shape index (κ3) is 5.13. The van der Waals surface area contributed by atoms with Crippen LogP contribution in [0.5, 0.6) is 0 Å². The molecule has 1 fully saturated rings. The van der Waals surface area contributed by atoms with Gasteiger partial charge < -0.3 is 9.84 Å². The molecular weight excluding hydrogens is 300 g/mol. The van der Waals surface area contributed by atoms with Gasteiger partial charge in [0.2, 0.25) is 0 Å². The van der Waals surface area contributed by atoms with Crippen molar-refractivity contribution in [2.24, 2.45) is 0 Å². The number of hydrogen-bond donors (Lipinski definition) is 1. The second-order valence-corrected chi connectivity index (χ2v) is 6.60. The van der Waals surface area contributed by atoms with Gasteiger partial charge in [0.05, 0.1) is 5.60 Å². The highest BCUT2D eigenvalue weighted by molar-refractivity contribution is 5.14. The van der Waals surface area contributed by atoms with Crippen LogP contribution in [0.2, 0.25) is 0 Å². The minimum atomic E-state index is -0.642. The Labute approximate surface area is 144 Å². The van der Waals surface area contributed by atoms with E-state index >= 15 is 0 Å². The fourth-order valence-corrected chi connectivity index (χ4v) is 3.20. The molecule has 0 aliphatic carbocycles. The smallest absolute Gasteiger partial charge is 0.0818 e. The highest BCUT2D eigenvalue weighted by Gasteiger charge is 2.31. The summed E-state index contributed by atoms with van der Waals surface area (Å²) in [5, 5.41) is 10.9. The molecule has 0 bridgehead atoms. The number of aliphatic hydroxyl groups is 1. The Kier molecular flexibility index (Phi) is 5.96. The van der Waals surface area contributed by atoms with Gasteiger partial charge in [-0.1, -0.05) is 36.4 Å². The van der Waals surface area contributed by atoms with E-state index in [4.69, 9.17) is 4.74 Å².